The van der Waals surface area contributed by atoms with E-state index in [2.05, 4.69) is 0 Å². The molecule has 1 rings (SSSR count). The van der Waals surface area contributed by atoms with Gasteiger partial charge in [0.2, 0.25) is 0 Å². The summed E-state index contributed by atoms with van der Waals surface area (Å²) in [6.07, 6.45) is 0.455. The Hall–Kier alpha value is -1.72. The van der Waals surface area contributed by atoms with Gasteiger partial charge in [-0.3, -0.25) is 9.80 Å². The van der Waals surface area contributed by atoms with Crippen LogP contribution in [-0.4, -0.2) is 18.4 Å². The molecule has 0 saturated heterocycles. The Labute approximate surface area is 105 Å². The van der Waals surface area contributed by atoms with E-state index in [9.17, 15) is 4.79 Å². The summed E-state index contributed by atoms with van der Waals surface area (Å²) in [6, 6.07) is 7.31. The summed E-state index contributed by atoms with van der Waals surface area (Å²) in [4.78, 5) is 10.4. The van der Waals surface area contributed by atoms with Gasteiger partial charge in [0, 0.05) is 0 Å². The lowest BCUT2D eigenvalue weighted by atomic mass is 10.2. The summed E-state index contributed by atoms with van der Waals surface area (Å²) in [7, 11) is 1.59. The van der Waals surface area contributed by atoms with Crippen LogP contribution in [0.5, 0.6) is 5.75 Å². The van der Waals surface area contributed by atoms with Crippen LogP contribution in [0.25, 0.3) is 0 Å². The maximum Gasteiger partial charge on any atom is 0.168 e. The first-order valence-corrected chi connectivity index (χ1v) is 5.22. The molecule has 0 aliphatic heterocycles. The topological polar surface area (TPSA) is 81.6 Å². The number of ether oxygens (including phenoxy) is 1. The lowest BCUT2D eigenvalue weighted by Crippen LogP contribution is -2.29. The van der Waals surface area contributed by atoms with E-state index in [0.29, 0.717) is 12.8 Å². The molecule has 0 radical (unpaired) electrons. The number of hydrazine groups is 1. The lowest BCUT2D eigenvalue weighted by Gasteiger charge is -2.18. The molecule has 92 valence electrons. The quantitative estimate of drug-likeness (QED) is 0.269. The van der Waals surface area contributed by atoms with Crippen LogP contribution in [0.1, 0.15) is 5.56 Å². The molecule has 0 atom stereocenters. The van der Waals surface area contributed by atoms with E-state index in [-0.39, 0.29) is 10.9 Å². The van der Waals surface area contributed by atoms with Gasteiger partial charge in [0.1, 0.15) is 16.6 Å². The molecule has 1 aromatic carbocycles. The van der Waals surface area contributed by atoms with Crippen LogP contribution in [0.4, 0.5) is 0 Å². The summed E-state index contributed by atoms with van der Waals surface area (Å²) in [5.74, 6) is 6.43. The summed E-state index contributed by atoms with van der Waals surface area (Å²) in [5.41, 5.74) is 6.18. The fraction of sp³-hybridized carbons (Fsp3) is 0.182. The van der Waals surface area contributed by atoms with Crippen molar-refractivity contribution in [3.8, 4) is 5.75 Å². The maximum absolute atomic E-state index is 10.4. The Bertz CT molecular complexity index is 417. The molecule has 5 nitrogen and oxygen atoms in total. The molecule has 1 aromatic rings. The largest absolute Gasteiger partial charge is 0.497 e. The van der Waals surface area contributed by atoms with Gasteiger partial charge in [-0.2, -0.15) is 0 Å². The average Bonchev–Trinajstić information content (AvgIpc) is 2.37. The molecule has 17 heavy (non-hydrogen) atoms. The maximum atomic E-state index is 10.4. The number of methoxy groups -OCH3 is 1. The molecule has 4 N–H and O–H groups in total. The van der Waals surface area contributed by atoms with Gasteiger partial charge in [-0.25, -0.2) is 5.84 Å². The molecular formula is C11H14ClN3O2. The number of carbonyl (C=O) groups excluding carboxylic acids is 1. The summed E-state index contributed by atoms with van der Waals surface area (Å²) in [6.45, 7) is 0.345. The normalized spacial score (nSPS) is 11.7. The second-order valence-electron chi connectivity index (χ2n) is 3.34. The van der Waals surface area contributed by atoms with Crippen LogP contribution in [0, 0.1) is 0 Å². The minimum Gasteiger partial charge on any atom is -0.497 e. The second kappa shape index (κ2) is 6.12. The zero-order valence-electron chi connectivity index (χ0n) is 9.39. The van der Waals surface area contributed by atoms with E-state index < -0.39 is 0 Å². The fourth-order valence-corrected chi connectivity index (χ4v) is 1.32. The van der Waals surface area contributed by atoms with Crippen molar-refractivity contribution in [1.29, 1.82) is 0 Å². The number of allylic oxidation sites excluding steroid dienone is 1. The van der Waals surface area contributed by atoms with Crippen LogP contribution in [0.15, 0.2) is 35.1 Å². The van der Waals surface area contributed by atoms with Gasteiger partial charge in [-0.1, -0.05) is 23.7 Å². The Morgan fingerprint density at radius 3 is 2.53 bits per heavy atom. The lowest BCUT2D eigenvalue weighted by molar-refractivity contribution is -0.105. The van der Waals surface area contributed by atoms with Crippen LogP contribution in [-0.2, 0) is 11.3 Å². The van der Waals surface area contributed by atoms with E-state index in [1.807, 2.05) is 24.3 Å². The number of nitrogens with zero attached hydrogens (tertiary/aromatic N) is 1. The Balaban J connectivity index is 2.74. The zero-order valence-corrected chi connectivity index (χ0v) is 10.1. The predicted octanol–water partition coefficient (Wildman–Crippen LogP) is 0.936. The van der Waals surface area contributed by atoms with Crippen LogP contribution >= 0.6 is 11.6 Å². The molecule has 0 amide bonds. The van der Waals surface area contributed by atoms with Crippen molar-refractivity contribution in [3.05, 3.63) is 40.7 Å². The molecule has 0 aliphatic rings. The van der Waals surface area contributed by atoms with Gasteiger partial charge in [0.15, 0.2) is 6.29 Å². The van der Waals surface area contributed by atoms with Crippen LogP contribution < -0.4 is 16.3 Å². The molecule has 0 saturated carbocycles. The third-order valence-corrected chi connectivity index (χ3v) is 2.56. The molecule has 0 aromatic heterocycles. The number of rotatable bonds is 5. The van der Waals surface area contributed by atoms with Crippen molar-refractivity contribution < 1.29 is 9.53 Å². The summed E-state index contributed by atoms with van der Waals surface area (Å²) in [5, 5.41) is 1.23. The minimum atomic E-state index is -0.0947. The van der Waals surface area contributed by atoms with Gasteiger partial charge >= 0.3 is 0 Å². The molecule has 0 unspecified atom stereocenters. The summed E-state index contributed by atoms with van der Waals surface area (Å²) >= 11 is 5.79. The Morgan fingerprint density at radius 2 is 2.06 bits per heavy atom. The molecule has 0 spiro atoms. The molecule has 0 aliphatic carbocycles. The highest BCUT2D eigenvalue weighted by Gasteiger charge is 2.07. The Morgan fingerprint density at radius 1 is 1.47 bits per heavy atom. The smallest absolute Gasteiger partial charge is 0.168 e. The molecule has 0 fully saturated rings. The standard InChI is InChI=1S/C11H14ClN3O2/c1-17-9-4-2-8(3-5-9)6-15(14)11(12)10(13)7-16/h2-5,7H,6,13-14H2,1H3/b11-10-. The number of nitrogens with two attached hydrogens (primary N) is 2. The van der Waals surface area contributed by atoms with Gasteiger partial charge in [0.05, 0.1) is 13.7 Å². The Kier molecular flexibility index (Phi) is 4.81. The highest BCUT2D eigenvalue weighted by molar-refractivity contribution is 6.30. The number of aldehydes is 1. The second-order valence-corrected chi connectivity index (χ2v) is 3.70. The first-order chi connectivity index (χ1) is 8.08. The third kappa shape index (κ3) is 3.65. The van der Waals surface area contributed by atoms with Crippen molar-refractivity contribution in [3.63, 3.8) is 0 Å². The average molecular weight is 256 g/mol. The number of benzene rings is 1. The first kappa shape index (κ1) is 13.3. The predicted molar refractivity (Wildman–Crippen MR) is 65.9 cm³/mol. The van der Waals surface area contributed by atoms with Crippen molar-refractivity contribution >= 4 is 17.9 Å². The van der Waals surface area contributed by atoms with Gasteiger partial charge in [-0.05, 0) is 17.7 Å². The van der Waals surface area contributed by atoms with E-state index in [1.54, 1.807) is 7.11 Å². The number of halogens is 1. The third-order valence-electron chi connectivity index (χ3n) is 2.13. The van der Waals surface area contributed by atoms with Crippen molar-refractivity contribution in [2.75, 3.05) is 7.11 Å². The molecular weight excluding hydrogens is 242 g/mol. The van der Waals surface area contributed by atoms with Crippen LogP contribution in [0.2, 0.25) is 0 Å². The molecule has 0 bridgehead atoms. The van der Waals surface area contributed by atoms with Crippen LogP contribution in [0.3, 0.4) is 0 Å². The van der Waals surface area contributed by atoms with Crippen molar-refractivity contribution in [2.24, 2.45) is 11.6 Å². The van der Waals surface area contributed by atoms with E-state index in [4.69, 9.17) is 27.9 Å². The highest BCUT2D eigenvalue weighted by Crippen LogP contribution is 2.15. The fourth-order valence-electron chi connectivity index (χ4n) is 1.21. The monoisotopic (exact) mass is 255 g/mol. The number of hydrogen-bond donors (Lipinski definition) is 2. The van der Waals surface area contributed by atoms with E-state index in [0.717, 1.165) is 11.3 Å². The number of carbonyl (C=O) groups is 1. The van der Waals surface area contributed by atoms with E-state index >= 15 is 0 Å². The summed E-state index contributed by atoms with van der Waals surface area (Å²) < 4.78 is 5.03. The van der Waals surface area contributed by atoms with Gasteiger partial charge in [-0.15, -0.1) is 0 Å². The van der Waals surface area contributed by atoms with Crippen molar-refractivity contribution in [1.82, 2.24) is 5.01 Å². The highest BCUT2D eigenvalue weighted by atomic mass is 35.5. The van der Waals surface area contributed by atoms with Crippen molar-refractivity contribution in [2.45, 2.75) is 6.54 Å². The zero-order chi connectivity index (χ0) is 12.8. The van der Waals surface area contributed by atoms with E-state index in [1.165, 1.54) is 5.01 Å². The first-order valence-electron chi connectivity index (χ1n) is 4.84. The number of hydrogen-bond acceptors (Lipinski definition) is 5. The van der Waals surface area contributed by atoms with Gasteiger partial charge in [0.25, 0.3) is 0 Å². The van der Waals surface area contributed by atoms with Gasteiger partial charge < -0.3 is 10.5 Å². The minimum absolute atomic E-state index is 0.0239. The molecule has 6 heteroatoms. The SMILES string of the molecule is COc1ccc(CN(N)/C(Cl)=C(\N)C=O)cc1. The molecule has 0 heterocycles.